The van der Waals surface area contributed by atoms with E-state index in [0.717, 1.165) is 0 Å². The van der Waals surface area contributed by atoms with Crippen molar-refractivity contribution in [1.82, 2.24) is 10.2 Å². The summed E-state index contributed by atoms with van der Waals surface area (Å²) in [6, 6.07) is 0.828. The van der Waals surface area contributed by atoms with Gasteiger partial charge in [0.05, 0.1) is 31.1 Å². The first-order valence-electron chi connectivity index (χ1n) is 3.79. The van der Waals surface area contributed by atoms with Crippen molar-refractivity contribution in [3.63, 3.8) is 0 Å². The molecule has 0 radical (unpaired) electrons. The molecule has 1 heterocycles. The number of hydrogen-bond acceptors (Lipinski definition) is 5. The van der Waals surface area contributed by atoms with Gasteiger partial charge in [0, 0.05) is 6.07 Å². The van der Waals surface area contributed by atoms with E-state index in [0.29, 0.717) is 5.69 Å². The summed E-state index contributed by atoms with van der Waals surface area (Å²) in [6.07, 6.45) is 1.40. The minimum Gasteiger partial charge on any atom is -0.394 e. The van der Waals surface area contributed by atoms with Gasteiger partial charge in [-0.05, 0) is 0 Å². The van der Waals surface area contributed by atoms with Gasteiger partial charge in [0.2, 0.25) is 0 Å². The van der Waals surface area contributed by atoms with Gasteiger partial charge < -0.3 is 15.5 Å². The van der Waals surface area contributed by atoms with Gasteiger partial charge in [-0.3, -0.25) is 4.79 Å². The quantitative estimate of drug-likeness (QED) is 0.459. The van der Waals surface area contributed by atoms with Crippen molar-refractivity contribution in [3.05, 3.63) is 22.6 Å². The molecule has 1 rings (SSSR count). The largest absolute Gasteiger partial charge is 0.394 e. The normalized spacial score (nSPS) is 10.4. The smallest absolute Gasteiger partial charge is 0.266 e. The van der Waals surface area contributed by atoms with Crippen LogP contribution in [-0.2, 0) is 0 Å². The lowest BCUT2D eigenvalue weighted by atomic mass is 10.3. The van der Waals surface area contributed by atoms with Crippen LogP contribution in [0.2, 0.25) is 0 Å². The zero-order valence-electron chi connectivity index (χ0n) is 6.90. The Balaban J connectivity index is 2.68. The molecule has 0 saturated heterocycles. The first-order valence-corrected chi connectivity index (χ1v) is 3.79. The van der Waals surface area contributed by atoms with E-state index in [4.69, 9.17) is 10.2 Å². The molecular formula is C7H11N3O3. The van der Waals surface area contributed by atoms with Crippen LogP contribution in [0.5, 0.6) is 0 Å². The molecule has 0 aliphatic heterocycles. The summed E-state index contributed by atoms with van der Waals surface area (Å²) in [5.74, 6) is 0. The molecule has 0 atom stereocenters. The monoisotopic (exact) mass is 185 g/mol. The second-order valence-electron chi connectivity index (χ2n) is 2.54. The predicted octanol–water partition coefficient (Wildman–Crippen LogP) is -1.47. The lowest BCUT2D eigenvalue weighted by Gasteiger charge is -2.13. The Morgan fingerprint density at radius 1 is 1.54 bits per heavy atom. The number of H-pyrrole nitrogens is 1. The lowest BCUT2D eigenvalue weighted by Crippen LogP contribution is -2.28. The van der Waals surface area contributed by atoms with Crippen molar-refractivity contribution in [2.45, 2.75) is 6.04 Å². The highest BCUT2D eigenvalue weighted by Gasteiger charge is 2.04. The second kappa shape index (κ2) is 4.58. The van der Waals surface area contributed by atoms with Gasteiger partial charge in [-0.15, -0.1) is 0 Å². The maximum atomic E-state index is 10.8. The van der Waals surface area contributed by atoms with Crippen LogP contribution in [0.1, 0.15) is 0 Å². The number of aliphatic hydroxyl groups excluding tert-OH is 2. The number of aromatic amines is 1. The summed E-state index contributed by atoms with van der Waals surface area (Å²) in [4.78, 5) is 10.8. The minimum atomic E-state index is -0.469. The van der Waals surface area contributed by atoms with Gasteiger partial charge in [-0.25, -0.2) is 5.10 Å². The molecule has 0 amide bonds. The van der Waals surface area contributed by atoms with Crippen LogP contribution >= 0.6 is 0 Å². The highest BCUT2D eigenvalue weighted by atomic mass is 16.3. The number of aromatic nitrogens is 2. The van der Waals surface area contributed by atoms with Crippen LogP contribution in [0.15, 0.2) is 17.1 Å². The van der Waals surface area contributed by atoms with E-state index in [9.17, 15) is 4.79 Å². The van der Waals surface area contributed by atoms with Crippen LogP contribution in [0.3, 0.4) is 0 Å². The molecule has 0 saturated carbocycles. The van der Waals surface area contributed by atoms with Crippen molar-refractivity contribution in [2.75, 3.05) is 18.5 Å². The zero-order chi connectivity index (χ0) is 9.68. The van der Waals surface area contributed by atoms with Gasteiger partial charge in [0.25, 0.3) is 5.56 Å². The number of hydrogen-bond donors (Lipinski definition) is 4. The van der Waals surface area contributed by atoms with Crippen molar-refractivity contribution in [2.24, 2.45) is 0 Å². The van der Waals surface area contributed by atoms with E-state index in [1.807, 2.05) is 0 Å². The van der Waals surface area contributed by atoms with Crippen LogP contribution in [0, 0.1) is 0 Å². The average molecular weight is 185 g/mol. The molecule has 1 aromatic heterocycles. The molecule has 0 unspecified atom stereocenters. The topological polar surface area (TPSA) is 98.2 Å². The van der Waals surface area contributed by atoms with Gasteiger partial charge >= 0.3 is 0 Å². The molecule has 0 bridgehead atoms. The first-order chi connectivity index (χ1) is 6.26. The molecule has 0 fully saturated rings. The van der Waals surface area contributed by atoms with Crippen LogP contribution in [0.25, 0.3) is 0 Å². The third kappa shape index (κ3) is 2.85. The molecular weight excluding hydrogens is 174 g/mol. The molecule has 0 aromatic carbocycles. The molecule has 0 aliphatic carbocycles. The van der Waals surface area contributed by atoms with Gasteiger partial charge in [0.1, 0.15) is 0 Å². The highest BCUT2D eigenvalue weighted by Crippen LogP contribution is 2.00. The molecule has 6 heteroatoms. The van der Waals surface area contributed by atoms with Gasteiger partial charge in [0.15, 0.2) is 0 Å². The number of nitrogens with zero attached hydrogens (tertiary/aromatic N) is 1. The van der Waals surface area contributed by atoms with Crippen molar-refractivity contribution < 1.29 is 10.2 Å². The maximum Gasteiger partial charge on any atom is 0.266 e. The number of aliphatic hydroxyl groups is 2. The third-order valence-corrected chi connectivity index (χ3v) is 1.48. The number of nitrogens with one attached hydrogen (secondary N) is 2. The summed E-state index contributed by atoms with van der Waals surface area (Å²) in [7, 11) is 0. The summed E-state index contributed by atoms with van der Waals surface area (Å²) in [5, 5.41) is 25.9. The van der Waals surface area contributed by atoms with E-state index in [1.165, 1.54) is 12.3 Å². The Labute approximate surface area is 74.2 Å². The fraction of sp³-hybridized carbons (Fsp3) is 0.429. The summed E-state index contributed by atoms with van der Waals surface area (Å²) < 4.78 is 0. The van der Waals surface area contributed by atoms with Crippen molar-refractivity contribution in [3.8, 4) is 0 Å². The fourth-order valence-corrected chi connectivity index (χ4v) is 0.840. The molecule has 0 aliphatic rings. The highest BCUT2D eigenvalue weighted by molar-refractivity contribution is 5.39. The molecule has 6 nitrogen and oxygen atoms in total. The Kier molecular flexibility index (Phi) is 3.41. The van der Waals surface area contributed by atoms with E-state index >= 15 is 0 Å². The lowest BCUT2D eigenvalue weighted by molar-refractivity contribution is 0.204. The van der Waals surface area contributed by atoms with Gasteiger partial charge in [-0.2, -0.15) is 5.10 Å². The Bertz CT molecular complexity index is 308. The standard InChI is InChI=1S/C7H11N3O3/c11-3-6(4-12)9-5-1-7(13)10-8-2-5/h1-2,6,11-12H,3-4H2,(H2,9,10,13). The molecule has 1 aromatic rings. The Morgan fingerprint density at radius 2 is 2.23 bits per heavy atom. The van der Waals surface area contributed by atoms with E-state index < -0.39 is 6.04 Å². The third-order valence-electron chi connectivity index (χ3n) is 1.48. The molecule has 0 spiro atoms. The number of rotatable bonds is 4. The van der Waals surface area contributed by atoms with Crippen molar-refractivity contribution >= 4 is 5.69 Å². The van der Waals surface area contributed by atoms with E-state index in [1.54, 1.807) is 0 Å². The van der Waals surface area contributed by atoms with Crippen molar-refractivity contribution in [1.29, 1.82) is 0 Å². The summed E-state index contributed by atoms with van der Waals surface area (Å²) >= 11 is 0. The summed E-state index contributed by atoms with van der Waals surface area (Å²) in [5.41, 5.74) is 0.136. The fourth-order valence-electron chi connectivity index (χ4n) is 0.840. The first kappa shape index (κ1) is 9.69. The predicted molar refractivity (Wildman–Crippen MR) is 46.4 cm³/mol. The molecule has 72 valence electrons. The Hall–Kier alpha value is -1.40. The molecule has 13 heavy (non-hydrogen) atoms. The van der Waals surface area contributed by atoms with Crippen LogP contribution < -0.4 is 10.9 Å². The number of anilines is 1. The second-order valence-corrected chi connectivity index (χ2v) is 2.54. The SMILES string of the molecule is O=c1cc(NC(CO)CO)cn[nH]1. The maximum absolute atomic E-state index is 10.8. The minimum absolute atomic E-state index is 0.205. The van der Waals surface area contributed by atoms with E-state index in [-0.39, 0.29) is 18.8 Å². The average Bonchev–Trinajstić information content (AvgIpc) is 2.14. The summed E-state index contributed by atoms with van der Waals surface area (Å²) in [6.45, 7) is -0.410. The van der Waals surface area contributed by atoms with E-state index in [2.05, 4.69) is 15.5 Å². The zero-order valence-corrected chi connectivity index (χ0v) is 6.90. The van der Waals surface area contributed by atoms with Gasteiger partial charge in [-0.1, -0.05) is 0 Å². The molecule has 4 N–H and O–H groups in total. The van der Waals surface area contributed by atoms with Crippen LogP contribution in [0.4, 0.5) is 5.69 Å². The Morgan fingerprint density at radius 3 is 2.77 bits per heavy atom. The van der Waals surface area contributed by atoms with Crippen LogP contribution in [-0.4, -0.2) is 39.7 Å².